The number of phenols is 2. The summed E-state index contributed by atoms with van der Waals surface area (Å²) in [7, 11) is 0. The highest BCUT2D eigenvalue weighted by molar-refractivity contribution is 6.27. The number of hydrogen-bond donors (Lipinski definition) is 2. The zero-order chi connectivity index (χ0) is 20.2. The first kappa shape index (κ1) is 16.9. The molecule has 0 radical (unpaired) electrons. The topological polar surface area (TPSA) is 40.5 Å². The van der Waals surface area contributed by atoms with Crippen LogP contribution in [0.4, 0.5) is 0 Å². The van der Waals surface area contributed by atoms with Crippen molar-refractivity contribution in [1.82, 2.24) is 0 Å². The fourth-order valence-electron chi connectivity index (χ4n) is 4.59. The van der Waals surface area contributed by atoms with Gasteiger partial charge in [-0.1, -0.05) is 72.8 Å². The molecule has 142 valence electrons. The lowest BCUT2D eigenvalue weighted by molar-refractivity contribution is 0.475. The van der Waals surface area contributed by atoms with Gasteiger partial charge in [0.2, 0.25) is 0 Å². The second-order valence-corrected chi connectivity index (χ2v) is 7.74. The summed E-state index contributed by atoms with van der Waals surface area (Å²) in [4.78, 5) is 0. The fraction of sp³-hybridized carbons (Fsp3) is 0. The molecule has 0 spiro atoms. The van der Waals surface area contributed by atoms with E-state index in [2.05, 4.69) is 48.5 Å². The standard InChI is InChI=1S/C28H18O2/c29-21-9-1-17(2-10-21)23-13-5-19-8-16-26-24(18-3-11-22(30)12-4-18)14-6-20-7-15-25(23)27(19)28(20)26/h1-16,29-30H. The summed E-state index contributed by atoms with van der Waals surface area (Å²) in [5.74, 6) is 0.546. The van der Waals surface area contributed by atoms with Crippen molar-refractivity contribution in [3.05, 3.63) is 97.1 Å². The fourth-order valence-corrected chi connectivity index (χ4v) is 4.59. The number of benzene rings is 6. The van der Waals surface area contributed by atoms with E-state index in [0.29, 0.717) is 0 Å². The minimum absolute atomic E-state index is 0.273. The predicted molar refractivity (Wildman–Crippen MR) is 124 cm³/mol. The van der Waals surface area contributed by atoms with E-state index in [0.717, 1.165) is 22.3 Å². The van der Waals surface area contributed by atoms with Gasteiger partial charge < -0.3 is 10.2 Å². The minimum Gasteiger partial charge on any atom is -0.508 e. The predicted octanol–water partition coefficient (Wildman–Crippen LogP) is 7.33. The molecule has 2 N–H and O–H groups in total. The van der Waals surface area contributed by atoms with Gasteiger partial charge in [0.25, 0.3) is 0 Å². The first-order chi connectivity index (χ1) is 14.7. The summed E-state index contributed by atoms with van der Waals surface area (Å²) in [6.45, 7) is 0. The Labute approximate surface area is 173 Å². The van der Waals surface area contributed by atoms with Gasteiger partial charge in [-0.3, -0.25) is 0 Å². The summed E-state index contributed by atoms with van der Waals surface area (Å²) < 4.78 is 0. The van der Waals surface area contributed by atoms with Gasteiger partial charge in [0, 0.05) is 0 Å². The third kappa shape index (κ3) is 2.44. The van der Waals surface area contributed by atoms with Crippen LogP contribution in [0.15, 0.2) is 97.1 Å². The first-order valence-electron chi connectivity index (χ1n) is 9.98. The van der Waals surface area contributed by atoms with Gasteiger partial charge in [-0.2, -0.15) is 0 Å². The molecule has 0 aliphatic carbocycles. The van der Waals surface area contributed by atoms with E-state index in [1.54, 1.807) is 24.3 Å². The Morgan fingerprint density at radius 2 is 0.733 bits per heavy atom. The number of phenolic OH excluding ortho intramolecular Hbond substituents is 2. The monoisotopic (exact) mass is 386 g/mol. The van der Waals surface area contributed by atoms with Crippen molar-refractivity contribution in [3.8, 4) is 33.8 Å². The van der Waals surface area contributed by atoms with Crippen LogP contribution in [0.25, 0.3) is 54.6 Å². The van der Waals surface area contributed by atoms with Crippen LogP contribution < -0.4 is 0 Å². The molecule has 0 aliphatic heterocycles. The zero-order valence-electron chi connectivity index (χ0n) is 16.1. The lowest BCUT2D eigenvalue weighted by atomic mass is 9.87. The molecule has 0 aliphatic rings. The Bertz CT molecular complexity index is 1410. The number of hydrogen-bond acceptors (Lipinski definition) is 2. The van der Waals surface area contributed by atoms with Crippen molar-refractivity contribution in [2.75, 3.05) is 0 Å². The Morgan fingerprint density at radius 3 is 1.13 bits per heavy atom. The van der Waals surface area contributed by atoms with Crippen molar-refractivity contribution in [2.45, 2.75) is 0 Å². The molecule has 0 bridgehead atoms. The molecule has 0 fully saturated rings. The van der Waals surface area contributed by atoms with Gasteiger partial charge in [0.15, 0.2) is 0 Å². The largest absolute Gasteiger partial charge is 0.508 e. The highest BCUT2D eigenvalue weighted by Crippen LogP contribution is 2.42. The number of aromatic hydroxyl groups is 2. The highest BCUT2D eigenvalue weighted by Gasteiger charge is 2.14. The van der Waals surface area contributed by atoms with Crippen molar-refractivity contribution >= 4 is 32.3 Å². The lowest BCUT2D eigenvalue weighted by Crippen LogP contribution is -1.89. The average molecular weight is 386 g/mol. The van der Waals surface area contributed by atoms with Crippen molar-refractivity contribution in [2.24, 2.45) is 0 Å². The zero-order valence-corrected chi connectivity index (χ0v) is 16.1. The number of rotatable bonds is 2. The molecule has 6 aromatic rings. The Morgan fingerprint density at radius 1 is 0.367 bits per heavy atom. The summed E-state index contributed by atoms with van der Waals surface area (Å²) in [6.07, 6.45) is 0. The molecule has 0 saturated heterocycles. The SMILES string of the molecule is Oc1ccc(-c2ccc3ccc4c(-c5ccc(O)cc5)ccc5ccc2c3c54)cc1. The van der Waals surface area contributed by atoms with Crippen molar-refractivity contribution in [3.63, 3.8) is 0 Å². The van der Waals surface area contributed by atoms with Gasteiger partial charge in [-0.05, 0) is 78.8 Å². The summed E-state index contributed by atoms with van der Waals surface area (Å²) >= 11 is 0. The maximum atomic E-state index is 9.68. The van der Waals surface area contributed by atoms with Crippen LogP contribution in [0.1, 0.15) is 0 Å². The molecule has 0 atom stereocenters. The Hall–Kier alpha value is -4.04. The second kappa shape index (κ2) is 6.23. The van der Waals surface area contributed by atoms with E-state index in [1.807, 2.05) is 24.3 Å². The molecule has 0 unspecified atom stereocenters. The molecule has 0 saturated carbocycles. The first-order valence-corrected chi connectivity index (χ1v) is 9.98. The average Bonchev–Trinajstić information content (AvgIpc) is 2.78. The van der Waals surface area contributed by atoms with Crippen LogP contribution >= 0.6 is 0 Å². The normalized spacial score (nSPS) is 11.6. The van der Waals surface area contributed by atoms with Crippen LogP contribution in [0.5, 0.6) is 11.5 Å². The molecule has 6 rings (SSSR count). The Balaban J connectivity index is 1.71. The molecule has 2 heteroatoms. The summed E-state index contributed by atoms with van der Waals surface area (Å²) in [5, 5.41) is 26.7. The molecule has 6 aromatic carbocycles. The molecular formula is C28H18O2. The minimum atomic E-state index is 0.273. The highest BCUT2D eigenvalue weighted by atomic mass is 16.3. The third-order valence-corrected chi connectivity index (χ3v) is 6.02. The smallest absolute Gasteiger partial charge is 0.115 e. The van der Waals surface area contributed by atoms with Crippen LogP contribution in [0.2, 0.25) is 0 Å². The molecule has 0 aromatic heterocycles. The quantitative estimate of drug-likeness (QED) is 0.306. The van der Waals surface area contributed by atoms with Gasteiger partial charge in [-0.15, -0.1) is 0 Å². The molecular weight excluding hydrogens is 368 g/mol. The maximum Gasteiger partial charge on any atom is 0.115 e. The van der Waals surface area contributed by atoms with Crippen LogP contribution in [0.3, 0.4) is 0 Å². The molecule has 0 amide bonds. The Kier molecular flexibility index (Phi) is 3.50. The van der Waals surface area contributed by atoms with E-state index >= 15 is 0 Å². The summed E-state index contributed by atoms with van der Waals surface area (Å²) in [6, 6.07) is 32.2. The van der Waals surface area contributed by atoms with E-state index < -0.39 is 0 Å². The van der Waals surface area contributed by atoms with E-state index in [9.17, 15) is 10.2 Å². The van der Waals surface area contributed by atoms with Crippen molar-refractivity contribution < 1.29 is 10.2 Å². The van der Waals surface area contributed by atoms with Gasteiger partial charge in [-0.25, -0.2) is 0 Å². The van der Waals surface area contributed by atoms with E-state index in [1.165, 1.54) is 32.3 Å². The van der Waals surface area contributed by atoms with Gasteiger partial charge in [0.05, 0.1) is 0 Å². The van der Waals surface area contributed by atoms with E-state index in [4.69, 9.17) is 0 Å². The molecule has 0 heterocycles. The van der Waals surface area contributed by atoms with Crippen LogP contribution in [-0.2, 0) is 0 Å². The van der Waals surface area contributed by atoms with E-state index in [-0.39, 0.29) is 11.5 Å². The van der Waals surface area contributed by atoms with Gasteiger partial charge >= 0.3 is 0 Å². The van der Waals surface area contributed by atoms with Crippen LogP contribution in [-0.4, -0.2) is 10.2 Å². The molecule has 30 heavy (non-hydrogen) atoms. The van der Waals surface area contributed by atoms with Gasteiger partial charge in [0.1, 0.15) is 11.5 Å². The molecule has 2 nitrogen and oxygen atoms in total. The van der Waals surface area contributed by atoms with Crippen LogP contribution in [0, 0.1) is 0 Å². The third-order valence-electron chi connectivity index (χ3n) is 6.02. The lowest BCUT2D eigenvalue weighted by Gasteiger charge is -2.16. The maximum absolute atomic E-state index is 9.68. The van der Waals surface area contributed by atoms with Crippen molar-refractivity contribution in [1.29, 1.82) is 0 Å². The summed E-state index contributed by atoms with van der Waals surface area (Å²) in [5.41, 5.74) is 4.49. The second-order valence-electron chi connectivity index (χ2n) is 7.74.